The zero-order chi connectivity index (χ0) is 15.0. The number of rotatable bonds is 4. The van der Waals surface area contributed by atoms with E-state index in [2.05, 4.69) is 39.2 Å². The molecule has 0 aliphatic carbocycles. The van der Waals surface area contributed by atoms with Crippen LogP contribution in [0.25, 0.3) is 0 Å². The molecule has 0 saturated carbocycles. The first-order valence-corrected chi connectivity index (χ1v) is 9.52. The van der Waals surface area contributed by atoms with Crippen molar-refractivity contribution in [2.75, 3.05) is 0 Å². The van der Waals surface area contributed by atoms with Crippen molar-refractivity contribution in [1.29, 1.82) is 0 Å². The summed E-state index contributed by atoms with van der Waals surface area (Å²) in [5, 5.41) is 2.66. The van der Waals surface area contributed by atoms with Crippen LogP contribution in [0.4, 0.5) is 0 Å². The molecular weight excluding hydrogens is 262 g/mol. The Kier molecular flexibility index (Phi) is 4.46. The topological polar surface area (TPSA) is 64.6 Å². The zero-order valence-corrected chi connectivity index (χ0v) is 13.9. The van der Waals surface area contributed by atoms with Crippen LogP contribution >= 0.6 is 0 Å². The van der Waals surface area contributed by atoms with Crippen molar-refractivity contribution < 1.29 is 18.8 Å². The summed E-state index contributed by atoms with van der Waals surface area (Å²) in [5.74, 6) is -0.912. The number of hydrogen-bond donors (Lipinski definition) is 1. The monoisotopic (exact) mass is 287 g/mol. The summed E-state index contributed by atoms with van der Waals surface area (Å²) in [7, 11) is -1.93. The maximum atomic E-state index is 11.6. The molecule has 110 valence electrons. The molecule has 0 spiro atoms. The summed E-state index contributed by atoms with van der Waals surface area (Å²) >= 11 is 0. The number of nitrogens with one attached hydrogen (secondary N) is 1. The highest BCUT2D eigenvalue weighted by atomic mass is 28.4. The number of β-lactam (4-membered cyclic amide) rings is 1. The van der Waals surface area contributed by atoms with Crippen LogP contribution in [-0.2, 0) is 18.8 Å². The molecule has 1 N–H and O–H groups in total. The lowest BCUT2D eigenvalue weighted by atomic mass is 9.93. The highest BCUT2D eigenvalue weighted by molar-refractivity contribution is 6.74. The predicted molar refractivity (Wildman–Crippen MR) is 74.9 cm³/mol. The molecule has 3 atom stereocenters. The van der Waals surface area contributed by atoms with E-state index in [0.29, 0.717) is 0 Å². The fourth-order valence-corrected chi connectivity index (χ4v) is 3.25. The van der Waals surface area contributed by atoms with Crippen molar-refractivity contribution in [2.24, 2.45) is 5.92 Å². The molecule has 2 unspecified atom stereocenters. The van der Waals surface area contributed by atoms with E-state index in [-0.39, 0.29) is 17.0 Å². The lowest BCUT2D eigenvalue weighted by Crippen LogP contribution is -2.65. The van der Waals surface area contributed by atoms with Gasteiger partial charge < -0.3 is 14.5 Å². The second-order valence-corrected chi connectivity index (χ2v) is 11.4. The Hall–Kier alpha value is -0.883. The van der Waals surface area contributed by atoms with Gasteiger partial charge in [0.25, 0.3) is 0 Å². The molecule has 0 radical (unpaired) electrons. The average Bonchev–Trinajstić information content (AvgIpc) is 2.12. The van der Waals surface area contributed by atoms with Gasteiger partial charge in [0, 0.05) is 6.92 Å². The summed E-state index contributed by atoms with van der Waals surface area (Å²) in [5.41, 5.74) is 0. The molecule has 1 amide bonds. The second-order valence-electron chi connectivity index (χ2n) is 6.65. The Morgan fingerprint density at radius 1 is 1.37 bits per heavy atom. The van der Waals surface area contributed by atoms with Gasteiger partial charge in [0.05, 0.1) is 6.10 Å². The molecule has 0 aromatic carbocycles. The number of amides is 1. The molecule has 1 fully saturated rings. The van der Waals surface area contributed by atoms with Gasteiger partial charge in [-0.1, -0.05) is 20.8 Å². The van der Waals surface area contributed by atoms with Crippen molar-refractivity contribution in [3.8, 4) is 0 Å². The van der Waals surface area contributed by atoms with Gasteiger partial charge in [-0.3, -0.25) is 9.59 Å². The van der Waals surface area contributed by atoms with Crippen molar-refractivity contribution in [3.05, 3.63) is 0 Å². The number of carbonyl (C=O) groups excluding carboxylic acids is 2. The van der Waals surface area contributed by atoms with Crippen LogP contribution in [0, 0.1) is 5.92 Å². The van der Waals surface area contributed by atoms with E-state index >= 15 is 0 Å². The highest BCUT2D eigenvalue weighted by Crippen LogP contribution is 2.39. The normalized spacial score (nSPS) is 25.3. The number of ether oxygens (including phenoxy) is 1. The van der Waals surface area contributed by atoms with E-state index in [4.69, 9.17) is 9.16 Å². The number of carbonyl (C=O) groups is 2. The fourth-order valence-electron chi connectivity index (χ4n) is 1.82. The summed E-state index contributed by atoms with van der Waals surface area (Å²) in [4.78, 5) is 22.6. The summed E-state index contributed by atoms with van der Waals surface area (Å²) < 4.78 is 11.2. The third-order valence-electron chi connectivity index (χ3n) is 4.00. The maximum Gasteiger partial charge on any atom is 0.304 e. The van der Waals surface area contributed by atoms with Gasteiger partial charge >= 0.3 is 5.97 Å². The first-order valence-electron chi connectivity index (χ1n) is 6.61. The second kappa shape index (κ2) is 5.24. The third kappa shape index (κ3) is 3.57. The Bertz CT molecular complexity index is 375. The van der Waals surface area contributed by atoms with Crippen LogP contribution in [0.5, 0.6) is 0 Å². The first-order chi connectivity index (χ1) is 8.45. The summed E-state index contributed by atoms with van der Waals surface area (Å²) in [6, 6.07) is 0. The first kappa shape index (κ1) is 16.2. The van der Waals surface area contributed by atoms with E-state index in [1.54, 1.807) is 0 Å². The molecule has 0 aromatic heterocycles. The Morgan fingerprint density at radius 3 is 2.26 bits per heavy atom. The molecule has 1 aliphatic heterocycles. The lowest BCUT2D eigenvalue weighted by molar-refractivity contribution is -0.173. The van der Waals surface area contributed by atoms with Crippen LogP contribution in [0.2, 0.25) is 18.1 Å². The molecular formula is C13H25NO4Si. The molecule has 0 bridgehead atoms. The van der Waals surface area contributed by atoms with Gasteiger partial charge in [-0.25, -0.2) is 0 Å². The standard InChI is InChI=1S/C13H25NO4Si/c1-8(18-19(6,7)13(3,4)5)10-11(16)14-12(10)17-9(2)15/h8,10,12H,1-7H3,(H,14,16)/t8-,10?,12?/m0/s1. The summed E-state index contributed by atoms with van der Waals surface area (Å²) in [6.45, 7) is 13.9. The van der Waals surface area contributed by atoms with E-state index < -0.39 is 26.4 Å². The Morgan fingerprint density at radius 2 is 1.89 bits per heavy atom. The fraction of sp³-hybridized carbons (Fsp3) is 0.846. The Labute approximate surface area is 116 Å². The van der Waals surface area contributed by atoms with E-state index in [0.717, 1.165) is 0 Å². The SMILES string of the molecule is CC(=O)OC1NC(=O)C1[C@H](C)O[Si](C)(C)C(C)(C)C. The van der Waals surface area contributed by atoms with Gasteiger partial charge in [-0.05, 0) is 25.1 Å². The smallest absolute Gasteiger partial charge is 0.304 e. The van der Waals surface area contributed by atoms with Crippen LogP contribution in [0.3, 0.4) is 0 Å². The zero-order valence-electron chi connectivity index (χ0n) is 12.9. The molecule has 0 aromatic rings. The largest absolute Gasteiger partial charge is 0.441 e. The highest BCUT2D eigenvalue weighted by Gasteiger charge is 2.49. The van der Waals surface area contributed by atoms with Gasteiger partial charge in [-0.15, -0.1) is 0 Å². The lowest BCUT2D eigenvalue weighted by Gasteiger charge is -2.44. The quantitative estimate of drug-likeness (QED) is 0.488. The molecule has 5 nitrogen and oxygen atoms in total. The van der Waals surface area contributed by atoms with Crippen LogP contribution in [0.15, 0.2) is 0 Å². The minimum atomic E-state index is -1.93. The van der Waals surface area contributed by atoms with Crippen molar-refractivity contribution >= 4 is 20.2 Å². The molecule has 19 heavy (non-hydrogen) atoms. The van der Waals surface area contributed by atoms with Gasteiger partial charge in [0.2, 0.25) is 5.91 Å². The van der Waals surface area contributed by atoms with Gasteiger partial charge in [0.1, 0.15) is 5.92 Å². The van der Waals surface area contributed by atoms with E-state index in [9.17, 15) is 9.59 Å². The number of esters is 1. The van der Waals surface area contributed by atoms with Crippen LogP contribution < -0.4 is 5.32 Å². The molecule has 1 aliphatic rings. The van der Waals surface area contributed by atoms with Gasteiger partial charge in [0.15, 0.2) is 14.5 Å². The van der Waals surface area contributed by atoms with E-state index in [1.165, 1.54) is 6.92 Å². The number of hydrogen-bond acceptors (Lipinski definition) is 4. The molecule has 1 saturated heterocycles. The average molecular weight is 287 g/mol. The Balaban J connectivity index is 2.69. The summed E-state index contributed by atoms with van der Waals surface area (Å²) in [6.07, 6.45) is -0.802. The molecule has 1 rings (SSSR count). The van der Waals surface area contributed by atoms with Crippen molar-refractivity contribution in [3.63, 3.8) is 0 Å². The molecule has 1 heterocycles. The molecule has 6 heteroatoms. The predicted octanol–water partition coefficient (Wildman–Crippen LogP) is 2.03. The van der Waals surface area contributed by atoms with Crippen LogP contribution in [-0.4, -0.2) is 32.5 Å². The van der Waals surface area contributed by atoms with E-state index in [1.807, 2.05) is 6.92 Å². The minimum absolute atomic E-state index is 0.0818. The van der Waals surface area contributed by atoms with Gasteiger partial charge in [-0.2, -0.15) is 0 Å². The third-order valence-corrected chi connectivity index (χ3v) is 8.57. The minimum Gasteiger partial charge on any atom is -0.441 e. The maximum absolute atomic E-state index is 11.6. The van der Waals surface area contributed by atoms with Crippen LogP contribution in [0.1, 0.15) is 34.6 Å². The van der Waals surface area contributed by atoms with Crippen molar-refractivity contribution in [1.82, 2.24) is 5.32 Å². The van der Waals surface area contributed by atoms with Crippen molar-refractivity contribution in [2.45, 2.75) is 65.1 Å².